The Bertz CT molecular complexity index is 690. The van der Waals surface area contributed by atoms with Gasteiger partial charge in [0.2, 0.25) is 5.91 Å². The molecule has 1 atom stereocenters. The van der Waals surface area contributed by atoms with E-state index in [9.17, 15) is 9.59 Å². The second kappa shape index (κ2) is 9.40. The SMILES string of the molecule is O=C(NCCN1CCCCC1)[C@H]1CCc2sc(C(=O)N3CCCCC3)cc2C1. The lowest BCUT2D eigenvalue weighted by molar-refractivity contribution is -0.125. The van der Waals surface area contributed by atoms with Crippen molar-refractivity contribution in [2.75, 3.05) is 39.3 Å². The minimum absolute atomic E-state index is 0.0568. The van der Waals surface area contributed by atoms with E-state index in [1.807, 2.05) is 4.90 Å². The van der Waals surface area contributed by atoms with Gasteiger partial charge < -0.3 is 15.1 Å². The van der Waals surface area contributed by atoms with Gasteiger partial charge in [0.25, 0.3) is 5.91 Å². The van der Waals surface area contributed by atoms with Crippen LogP contribution in [0.5, 0.6) is 0 Å². The van der Waals surface area contributed by atoms with Crippen LogP contribution >= 0.6 is 11.3 Å². The molecule has 5 nitrogen and oxygen atoms in total. The molecule has 154 valence electrons. The van der Waals surface area contributed by atoms with Crippen molar-refractivity contribution in [2.45, 2.75) is 57.8 Å². The fourth-order valence-corrected chi connectivity index (χ4v) is 5.95. The van der Waals surface area contributed by atoms with E-state index in [-0.39, 0.29) is 17.7 Å². The smallest absolute Gasteiger partial charge is 0.263 e. The van der Waals surface area contributed by atoms with Crippen LogP contribution in [0.2, 0.25) is 0 Å². The van der Waals surface area contributed by atoms with Gasteiger partial charge in [0, 0.05) is 37.0 Å². The molecule has 2 amide bonds. The average Bonchev–Trinajstić information content (AvgIpc) is 3.18. The maximum atomic E-state index is 12.8. The number of thiophene rings is 1. The summed E-state index contributed by atoms with van der Waals surface area (Å²) in [5, 5.41) is 3.16. The summed E-state index contributed by atoms with van der Waals surface area (Å²) in [6.45, 7) is 5.85. The molecule has 3 aliphatic rings. The van der Waals surface area contributed by atoms with Crippen LogP contribution in [0, 0.1) is 5.92 Å². The Balaban J connectivity index is 1.28. The first kappa shape index (κ1) is 19.9. The van der Waals surface area contributed by atoms with Crippen molar-refractivity contribution in [3.8, 4) is 0 Å². The highest BCUT2D eigenvalue weighted by molar-refractivity contribution is 7.14. The Morgan fingerprint density at radius 3 is 2.50 bits per heavy atom. The normalized spacial score (nSPS) is 23.3. The summed E-state index contributed by atoms with van der Waals surface area (Å²) in [5.41, 5.74) is 1.23. The van der Waals surface area contributed by atoms with E-state index in [1.165, 1.54) is 49.2 Å². The first-order chi connectivity index (χ1) is 13.7. The molecule has 2 fully saturated rings. The summed E-state index contributed by atoms with van der Waals surface area (Å²) >= 11 is 1.66. The standard InChI is InChI=1S/C22H33N3O2S/c26-21(23-9-14-24-10-3-1-4-11-24)17-7-8-19-18(15-17)16-20(28-19)22(27)25-12-5-2-6-13-25/h16-17H,1-15H2,(H,23,26)/t17-/m0/s1. The van der Waals surface area contributed by atoms with Gasteiger partial charge in [-0.2, -0.15) is 0 Å². The Labute approximate surface area is 172 Å². The Morgan fingerprint density at radius 1 is 1.04 bits per heavy atom. The molecular weight excluding hydrogens is 370 g/mol. The number of fused-ring (bicyclic) bond motifs is 1. The van der Waals surface area contributed by atoms with Gasteiger partial charge in [-0.25, -0.2) is 0 Å². The Kier molecular flexibility index (Phi) is 6.68. The fraction of sp³-hybridized carbons (Fsp3) is 0.727. The zero-order valence-electron chi connectivity index (χ0n) is 16.9. The first-order valence-corrected chi connectivity index (χ1v) is 11.9. The second-order valence-corrected chi connectivity index (χ2v) is 9.68. The third-order valence-corrected chi connectivity index (χ3v) is 7.71. The van der Waals surface area contributed by atoms with Crippen LogP contribution in [0.4, 0.5) is 0 Å². The topological polar surface area (TPSA) is 52.7 Å². The van der Waals surface area contributed by atoms with Crippen molar-refractivity contribution in [1.82, 2.24) is 15.1 Å². The molecule has 6 heteroatoms. The second-order valence-electron chi connectivity index (χ2n) is 8.54. The molecule has 1 aliphatic carbocycles. The minimum Gasteiger partial charge on any atom is -0.355 e. The molecule has 0 aromatic carbocycles. The van der Waals surface area contributed by atoms with Crippen molar-refractivity contribution in [1.29, 1.82) is 0 Å². The molecule has 28 heavy (non-hydrogen) atoms. The zero-order chi connectivity index (χ0) is 19.3. The van der Waals surface area contributed by atoms with Crippen molar-refractivity contribution >= 4 is 23.2 Å². The summed E-state index contributed by atoms with van der Waals surface area (Å²) < 4.78 is 0. The maximum absolute atomic E-state index is 12.8. The monoisotopic (exact) mass is 403 g/mol. The number of nitrogens with zero attached hydrogens (tertiary/aromatic N) is 2. The number of hydrogen-bond acceptors (Lipinski definition) is 4. The quantitative estimate of drug-likeness (QED) is 0.822. The van der Waals surface area contributed by atoms with Crippen LogP contribution in [-0.2, 0) is 17.6 Å². The van der Waals surface area contributed by atoms with E-state index in [2.05, 4.69) is 16.3 Å². The number of piperidine rings is 2. The largest absolute Gasteiger partial charge is 0.355 e. The first-order valence-electron chi connectivity index (χ1n) is 11.1. The highest BCUT2D eigenvalue weighted by Crippen LogP contribution is 2.33. The van der Waals surface area contributed by atoms with E-state index < -0.39 is 0 Å². The molecule has 1 aromatic heterocycles. The van der Waals surface area contributed by atoms with Gasteiger partial charge in [-0.1, -0.05) is 6.42 Å². The summed E-state index contributed by atoms with van der Waals surface area (Å²) in [6, 6.07) is 2.07. The number of hydrogen-bond donors (Lipinski definition) is 1. The molecular formula is C22H33N3O2S. The van der Waals surface area contributed by atoms with Crippen LogP contribution in [0.15, 0.2) is 6.07 Å². The number of likely N-dealkylation sites (tertiary alicyclic amines) is 2. The number of nitrogens with one attached hydrogen (secondary N) is 1. The summed E-state index contributed by atoms with van der Waals surface area (Å²) in [6.07, 6.45) is 10.0. The lowest BCUT2D eigenvalue weighted by Crippen LogP contribution is -2.40. The molecule has 4 rings (SSSR count). The predicted octanol–water partition coefficient (Wildman–Crippen LogP) is 3.08. The van der Waals surface area contributed by atoms with Crippen molar-refractivity contribution in [3.05, 3.63) is 21.4 Å². The highest BCUT2D eigenvalue weighted by Gasteiger charge is 2.28. The van der Waals surface area contributed by atoms with Crippen LogP contribution in [0.25, 0.3) is 0 Å². The van der Waals surface area contributed by atoms with Gasteiger partial charge in [-0.05, 0) is 76.1 Å². The third-order valence-electron chi connectivity index (χ3n) is 6.48. The predicted molar refractivity (Wildman–Crippen MR) is 113 cm³/mol. The van der Waals surface area contributed by atoms with Gasteiger partial charge in [-0.3, -0.25) is 9.59 Å². The van der Waals surface area contributed by atoms with E-state index in [0.29, 0.717) is 0 Å². The lowest BCUT2D eigenvalue weighted by Gasteiger charge is -2.27. The Hall–Kier alpha value is -1.40. The van der Waals surface area contributed by atoms with E-state index in [1.54, 1.807) is 11.3 Å². The van der Waals surface area contributed by atoms with Gasteiger partial charge in [-0.15, -0.1) is 11.3 Å². The molecule has 0 radical (unpaired) electrons. The molecule has 1 N–H and O–H groups in total. The van der Waals surface area contributed by atoms with E-state index in [0.717, 1.165) is 63.2 Å². The maximum Gasteiger partial charge on any atom is 0.263 e. The molecule has 3 heterocycles. The molecule has 2 saturated heterocycles. The average molecular weight is 404 g/mol. The van der Waals surface area contributed by atoms with Crippen LogP contribution in [-0.4, -0.2) is 60.9 Å². The number of carbonyl (C=O) groups is 2. The number of carbonyl (C=O) groups excluding carboxylic acids is 2. The van der Waals surface area contributed by atoms with E-state index >= 15 is 0 Å². The molecule has 0 saturated carbocycles. The molecule has 0 unspecified atom stereocenters. The van der Waals surface area contributed by atoms with Crippen molar-refractivity contribution in [2.24, 2.45) is 5.92 Å². The number of rotatable bonds is 5. The highest BCUT2D eigenvalue weighted by atomic mass is 32.1. The molecule has 2 aliphatic heterocycles. The number of amides is 2. The zero-order valence-corrected chi connectivity index (χ0v) is 17.7. The van der Waals surface area contributed by atoms with Gasteiger partial charge in [0.1, 0.15) is 0 Å². The van der Waals surface area contributed by atoms with Crippen molar-refractivity contribution in [3.63, 3.8) is 0 Å². The summed E-state index contributed by atoms with van der Waals surface area (Å²) in [4.78, 5) is 32.1. The third kappa shape index (κ3) is 4.77. The van der Waals surface area contributed by atoms with Crippen molar-refractivity contribution < 1.29 is 9.59 Å². The molecule has 0 spiro atoms. The fourth-order valence-electron chi connectivity index (χ4n) is 4.77. The van der Waals surface area contributed by atoms with Gasteiger partial charge >= 0.3 is 0 Å². The molecule has 0 bridgehead atoms. The van der Waals surface area contributed by atoms with E-state index in [4.69, 9.17) is 0 Å². The van der Waals surface area contributed by atoms with Crippen LogP contribution < -0.4 is 5.32 Å². The Morgan fingerprint density at radius 2 is 1.75 bits per heavy atom. The van der Waals surface area contributed by atoms with Gasteiger partial charge in [0.05, 0.1) is 4.88 Å². The van der Waals surface area contributed by atoms with Gasteiger partial charge in [0.15, 0.2) is 0 Å². The van der Waals surface area contributed by atoms with Crippen LogP contribution in [0.3, 0.4) is 0 Å². The lowest BCUT2D eigenvalue weighted by atomic mass is 9.87. The summed E-state index contributed by atoms with van der Waals surface area (Å²) in [7, 11) is 0. The number of aryl methyl sites for hydroxylation is 1. The summed E-state index contributed by atoms with van der Waals surface area (Å²) in [5.74, 6) is 0.445. The molecule has 1 aromatic rings. The van der Waals surface area contributed by atoms with Crippen LogP contribution in [0.1, 0.15) is 65.1 Å². The minimum atomic E-state index is 0.0568.